The fourth-order valence-corrected chi connectivity index (χ4v) is 3.26. The first-order valence-corrected chi connectivity index (χ1v) is 10.9. The van der Waals surface area contributed by atoms with Crippen molar-refractivity contribution < 1.29 is 9.15 Å². The summed E-state index contributed by atoms with van der Waals surface area (Å²) in [5.74, 6) is 1.77. The Balaban J connectivity index is 0.00000420. The molecule has 0 saturated carbocycles. The Kier molecular flexibility index (Phi) is 15.3. The van der Waals surface area contributed by atoms with Gasteiger partial charge in [0.15, 0.2) is 5.96 Å². The van der Waals surface area contributed by atoms with E-state index in [1.165, 1.54) is 52.1 Å². The molecule has 2 N–H and O–H groups in total. The Morgan fingerprint density at radius 3 is 2.59 bits per heavy atom. The van der Waals surface area contributed by atoms with E-state index in [2.05, 4.69) is 39.3 Å². The number of ether oxygens (including phenoxy) is 1. The van der Waals surface area contributed by atoms with Crippen LogP contribution in [0.15, 0.2) is 27.8 Å². The number of guanidine groups is 1. The minimum absolute atomic E-state index is 0. The van der Waals surface area contributed by atoms with Gasteiger partial charge in [0.1, 0.15) is 12.4 Å². The van der Waals surface area contributed by atoms with Crippen LogP contribution in [0.2, 0.25) is 0 Å². The number of halogens is 1. The highest BCUT2D eigenvalue weighted by atomic mass is 127. The molecule has 1 saturated heterocycles. The van der Waals surface area contributed by atoms with Gasteiger partial charge in [0, 0.05) is 52.4 Å². The zero-order valence-corrected chi connectivity index (χ0v) is 20.5. The molecule has 0 radical (unpaired) electrons. The van der Waals surface area contributed by atoms with Crippen LogP contribution in [0, 0.1) is 0 Å². The van der Waals surface area contributed by atoms with Crippen molar-refractivity contribution in [2.45, 2.75) is 39.7 Å². The molecule has 1 aromatic heterocycles. The molecule has 0 unspecified atom stereocenters. The molecule has 0 spiro atoms. The van der Waals surface area contributed by atoms with Crippen LogP contribution in [0.4, 0.5) is 0 Å². The van der Waals surface area contributed by atoms with E-state index in [4.69, 9.17) is 9.15 Å². The Bertz CT molecular complexity index is 519. The van der Waals surface area contributed by atoms with Crippen LogP contribution in [0.5, 0.6) is 0 Å². The van der Waals surface area contributed by atoms with Crippen LogP contribution in [0.3, 0.4) is 0 Å². The van der Waals surface area contributed by atoms with Crippen molar-refractivity contribution >= 4 is 29.9 Å². The van der Waals surface area contributed by atoms with Gasteiger partial charge in [-0.25, -0.2) is 0 Å². The number of hydrogen-bond acceptors (Lipinski definition) is 5. The van der Waals surface area contributed by atoms with Gasteiger partial charge in [-0.15, -0.1) is 24.0 Å². The number of hydrogen-bond donors (Lipinski definition) is 2. The highest BCUT2D eigenvalue weighted by Crippen LogP contribution is 2.03. The maximum atomic E-state index is 5.59. The average Bonchev–Trinajstić information content (AvgIpc) is 3.24. The van der Waals surface area contributed by atoms with Crippen LogP contribution in [-0.4, -0.2) is 81.3 Å². The number of nitrogens with zero attached hydrogens (tertiary/aromatic N) is 3. The maximum Gasteiger partial charge on any atom is 0.191 e. The molecule has 1 aliphatic rings. The Labute approximate surface area is 193 Å². The zero-order valence-electron chi connectivity index (χ0n) is 18.2. The first-order chi connectivity index (χ1) is 13.8. The summed E-state index contributed by atoms with van der Waals surface area (Å²) < 4.78 is 10.8. The van der Waals surface area contributed by atoms with Crippen LogP contribution < -0.4 is 10.6 Å². The lowest BCUT2D eigenvalue weighted by atomic mass is 10.2. The lowest BCUT2D eigenvalue weighted by Gasteiger charge is -2.34. The minimum atomic E-state index is 0. The number of furan rings is 1. The number of rotatable bonds is 13. The fraction of sp³-hybridized carbons (Fsp3) is 0.762. The van der Waals surface area contributed by atoms with Crippen molar-refractivity contribution in [3.63, 3.8) is 0 Å². The number of aliphatic imine (C=N–C) groups is 1. The molecular formula is C21H40IN5O2. The second-order valence-electron chi connectivity index (χ2n) is 7.16. The second kappa shape index (κ2) is 16.9. The molecule has 1 aromatic rings. The summed E-state index contributed by atoms with van der Waals surface area (Å²) in [6.45, 7) is 15.4. The highest BCUT2D eigenvalue weighted by Gasteiger charge is 2.14. The molecule has 29 heavy (non-hydrogen) atoms. The molecule has 0 bridgehead atoms. The third-order valence-electron chi connectivity index (χ3n) is 4.99. The van der Waals surface area contributed by atoms with E-state index < -0.39 is 0 Å². The van der Waals surface area contributed by atoms with Crippen molar-refractivity contribution in [3.05, 3.63) is 24.2 Å². The van der Waals surface area contributed by atoms with Crippen molar-refractivity contribution in [2.24, 2.45) is 4.99 Å². The predicted octanol–water partition coefficient (Wildman–Crippen LogP) is 2.78. The number of nitrogens with one attached hydrogen (secondary N) is 2. The molecule has 2 rings (SSSR count). The summed E-state index contributed by atoms with van der Waals surface area (Å²) in [6, 6.07) is 3.81. The molecule has 0 amide bonds. The van der Waals surface area contributed by atoms with E-state index in [9.17, 15) is 0 Å². The molecule has 7 nitrogen and oxygen atoms in total. The second-order valence-corrected chi connectivity index (χ2v) is 7.16. The number of piperazine rings is 1. The van der Waals surface area contributed by atoms with Gasteiger partial charge in [0.05, 0.1) is 6.26 Å². The number of unbranched alkanes of at least 4 members (excludes halogenated alkanes) is 1. The van der Waals surface area contributed by atoms with E-state index in [0.29, 0.717) is 13.2 Å². The molecular weight excluding hydrogens is 481 g/mol. The van der Waals surface area contributed by atoms with Crippen LogP contribution >= 0.6 is 24.0 Å². The van der Waals surface area contributed by atoms with E-state index >= 15 is 0 Å². The normalized spacial score (nSPS) is 15.9. The van der Waals surface area contributed by atoms with Crippen molar-refractivity contribution in [3.8, 4) is 0 Å². The first kappa shape index (κ1) is 26.2. The monoisotopic (exact) mass is 521 g/mol. The van der Waals surface area contributed by atoms with Gasteiger partial charge in [0.25, 0.3) is 0 Å². The quantitative estimate of drug-likeness (QED) is 0.180. The average molecular weight is 521 g/mol. The Morgan fingerprint density at radius 2 is 1.90 bits per heavy atom. The fourth-order valence-electron chi connectivity index (χ4n) is 3.26. The third kappa shape index (κ3) is 11.8. The summed E-state index contributed by atoms with van der Waals surface area (Å²) >= 11 is 0. The topological polar surface area (TPSA) is 65.3 Å². The van der Waals surface area contributed by atoms with Crippen LogP contribution in [-0.2, 0) is 11.3 Å². The third-order valence-corrected chi connectivity index (χ3v) is 4.99. The van der Waals surface area contributed by atoms with E-state index in [1.54, 1.807) is 6.26 Å². The Morgan fingerprint density at radius 1 is 1.10 bits per heavy atom. The smallest absolute Gasteiger partial charge is 0.191 e. The van der Waals surface area contributed by atoms with Gasteiger partial charge in [-0.1, -0.05) is 6.92 Å². The molecule has 0 aliphatic carbocycles. The van der Waals surface area contributed by atoms with Gasteiger partial charge in [-0.3, -0.25) is 4.99 Å². The molecule has 8 heteroatoms. The summed E-state index contributed by atoms with van der Waals surface area (Å²) in [4.78, 5) is 9.75. The van der Waals surface area contributed by atoms with E-state index in [-0.39, 0.29) is 24.0 Å². The standard InChI is InChI=1S/C21H39N5O2.HI/c1-3-22-21(24-11-8-17-27-19-20-9-7-18-28-20)23-10-5-6-12-26-15-13-25(4-2)14-16-26;/h7,9,18H,3-6,8,10-17,19H2,1-2H3,(H2,22,23,24);1H. The van der Waals surface area contributed by atoms with Crippen LogP contribution in [0.1, 0.15) is 38.9 Å². The highest BCUT2D eigenvalue weighted by molar-refractivity contribution is 14.0. The largest absolute Gasteiger partial charge is 0.467 e. The molecule has 2 heterocycles. The van der Waals surface area contributed by atoms with E-state index in [1.807, 2.05) is 12.1 Å². The van der Waals surface area contributed by atoms with Crippen LogP contribution in [0.25, 0.3) is 0 Å². The zero-order chi connectivity index (χ0) is 19.9. The molecule has 0 atom stereocenters. The first-order valence-electron chi connectivity index (χ1n) is 10.9. The van der Waals surface area contributed by atoms with Gasteiger partial charge in [-0.05, 0) is 51.4 Å². The van der Waals surface area contributed by atoms with Crippen molar-refractivity contribution in [1.29, 1.82) is 0 Å². The van der Waals surface area contributed by atoms with Gasteiger partial charge >= 0.3 is 0 Å². The molecule has 168 valence electrons. The van der Waals surface area contributed by atoms with E-state index in [0.717, 1.165) is 37.8 Å². The predicted molar refractivity (Wildman–Crippen MR) is 130 cm³/mol. The number of likely N-dealkylation sites (N-methyl/N-ethyl adjacent to an activating group) is 1. The summed E-state index contributed by atoms with van der Waals surface area (Å²) in [5, 5.41) is 6.76. The van der Waals surface area contributed by atoms with Gasteiger partial charge < -0.3 is 29.6 Å². The lowest BCUT2D eigenvalue weighted by Crippen LogP contribution is -2.46. The minimum Gasteiger partial charge on any atom is -0.467 e. The summed E-state index contributed by atoms with van der Waals surface area (Å²) in [6.07, 6.45) is 4.98. The maximum absolute atomic E-state index is 5.59. The Hall–Kier alpha value is -0.840. The van der Waals surface area contributed by atoms with Crippen molar-refractivity contribution in [1.82, 2.24) is 20.4 Å². The SMILES string of the molecule is CCNC(=NCCCOCc1ccco1)NCCCCN1CCN(CC)CC1.I. The summed E-state index contributed by atoms with van der Waals surface area (Å²) in [5.41, 5.74) is 0. The van der Waals surface area contributed by atoms with Crippen molar-refractivity contribution in [2.75, 3.05) is 65.5 Å². The molecule has 0 aromatic carbocycles. The molecule has 1 fully saturated rings. The lowest BCUT2D eigenvalue weighted by molar-refractivity contribution is 0.105. The molecule has 1 aliphatic heterocycles. The van der Waals surface area contributed by atoms with Gasteiger partial charge in [0.2, 0.25) is 0 Å². The summed E-state index contributed by atoms with van der Waals surface area (Å²) in [7, 11) is 0. The van der Waals surface area contributed by atoms with Gasteiger partial charge in [-0.2, -0.15) is 0 Å².